The molecule has 1 aliphatic heterocycles. The normalized spacial score (nSPS) is 29.9. The van der Waals surface area contributed by atoms with E-state index in [2.05, 4.69) is 12.2 Å². The third-order valence-corrected chi connectivity index (χ3v) is 4.65. The fourth-order valence-electron chi connectivity index (χ4n) is 3.70. The Bertz CT molecular complexity index is 359. The minimum atomic E-state index is -0.849. The number of amides is 1. The molecule has 0 aromatic carbocycles. The second-order valence-corrected chi connectivity index (χ2v) is 6.02. The summed E-state index contributed by atoms with van der Waals surface area (Å²) in [4.78, 5) is 25.6. The van der Waals surface area contributed by atoms with Gasteiger partial charge in [0.2, 0.25) is 5.91 Å². The largest absolute Gasteiger partial charge is 0.480 e. The molecule has 2 fully saturated rings. The number of carbonyl (C=O) groups is 2. The molecule has 0 aromatic heterocycles. The predicted molar refractivity (Wildman–Crippen MR) is 76.4 cm³/mol. The van der Waals surface area contributed by atoms with Crippen LogP contribution in [0.15, 0.2) is 0 Å². The molecular weight excluding hydrogens is 256 g/mol. The maximum absolute atomic E-state index is 12.4. The van der Waals surface area contributed by atoms with Crippen LogP contribution in [-0.4, -0.2) is 47.1 Å². The van der Waals surface area contributed by atoms with E-state index in [1.165, 1.54) is 6.42 Å². The van der Waals surface area contributed by atoms with Crippen molar-refractivity contribution in [3.63, 3.8) is 0 Å². The summed E-state index contributed by atoms with van der Waals surface area (Å²) in [7, 11) is 0. The number of fused-ring (bicyclic) bond motifs is 1. The van der Waals surface area contributed by atoms with Crippen molar-refractivity contribution in [3.8, 4) is 0 Å². The number of carbonyl (C=O) groups excluding carboxylic acids is 1. The van der Waals surface area contributed by atoms with Crippen LogP contribution in [-0.2, 0) is 9.59 Å². The molecule has 20 heavy (non-hydrogen) atoms. The number of piperidine rings is 1. The van der Waals surface area contributed by atoms with Crippen molar-refractivity contribution in [2.75, 3.05) is 13.1 Å². The van der Waals surface area contributed by atoms with Crippen molar-refractivity contribution in [2.45, 2.75) is 64.0 Å². The van der Waals surface area contributed by atoms with E-state index in [1.54, 1.807) is 4.90 Å². The Labute approximate surface area is 120 Å². The van der Waals surface area contributed by atoms with Crippen molar-refractivity contribution in [1.82, 2.24) is 10.2 Å². The number of aliphatic carboxylic acids is 1. The maximum Gasteiger partial charge on any atom is 0.326 e. The highest BCUT2D eigenvalue weighted by Crippen LogP contribution is 2.37. The molecule has 1 saturated heterocycles. The van der Waals surface area contributed by atoms with Crippen molar-refractivity contribution >= 4 is 11.9 Å². The monoisotopic (exact) mass is 282 g/mol. The first kappa shape index (κ1) is 15.3. The lowest BCUT2D eigenvalue weighted by Crippen LogP contribution is -2.59. The third-order valence-electron chi connectivity index (χ3n) is 4.65. The van der Waals surface area contributed by atoms with E-state index in [0.717, 1.165) is 38.6 Å². The van der Waals surface area contributed by atoms with Crippen molar-refractivity contribution in [2.24, 2.45) is 5.92 Å². The fraction of sp³-hybridized carbons (Fsp3) is 0.867. The van der Waals surface area contributed by atoms with E-state index in [0.29, 0.717) is 12.3 Å². The summed E-state index contributed by atoms with van der Waals surface area (Å²) < 4.78 is 0. The molecule has 0 spiro atoms. The summed E-state index contributed by atoms with van der Waals surface area (Å²) in [5, 5.41) is 12.5. The average Bonchev–Trinajstić information content (AvgIpc) is 2.46. The van der Waals surface area contributed by atoms with Gasteiger partial charge >= 0.3 is 5.97 Å². The Balaban J connectivity index is 2.08. The molecule has 5 nitrogen and oxygen atoms in total. The molecule has 2 rings (SSSR count). The van der Waals surface area contributed by atoms with E-state index in [4.69, 9.17) is 0 Å². The fourth-order valence-corrected chi connectivity index (χ4v) is 3.70. The van der Waals surface area contributed by atoms with Gasteiger partial charge in [-0.2, -0.15) is 0 Å². The Kier molecular flexibility index (Phi) is 5.40. The second-order valence-electron chi connectivity index (χ2n) is 6.02. The van der Waals surface area contributed by atoms with Gasteiger partial charge in [0.1, 0.15) is 6.04 Å². The van der Waals surface area contributed by atoms with E-state index in [1.807, 2.05) is 0 Å². The van der Waals surface area contributed by atoms with E-state index >= 15 is 0 Å². The molecule has 114 valence electrons. The summed E-state index contributed by atoms with van der Waals surface area (Å²) >= 11 is 0. The summed E-state index contributed by atoms with van der Waals surface area (Å²) in [6, 6.07) is -0.472. The first-order valence-corrected chi connectivity index (χ1v) is 7.89. The Hall–Kier alpha value is -1.10. The molecule has 1 amide bonds. The van der Waals surface area contributed by atoms with E-state index < -0.39 is 12.0 Å². The van der Waals surface area contributed by atoms with Gasteiger partial charge in [0.15, 0.2) is 0 Å². The number of nitrogens with zero attached hydrogens (tertiary/aromatic N) is 1. The summed E-state index contributed by atoms with van der Waals surface area (Å²) in [5.74, 6) is -0.380. The van der Waals surface area contributed by atoms with Crippen LogP contribution in [0.3, 0.4) is 0 Å². The minimum absolute atomic E-state index is 0.0394. The number of likely N-dealkylation sites (tertiary alicyclic amines) is 1. The van der Waals surface area contributed by atoms with Crippen LogP contribution in [0.4, 0.5) is 0 Å². The Morgan fingerprint density at radius 3 is 2.65 bits per heavy atom. The van der Waals surface area contributed by atoms with Crippen LogP contribution in [0.25, 0.3) is 0 Å². The van der Waals surface area contributed by atoms with Crippen molar-refractivity contribution < 1.29 is 14.7 Å². The topological polar surface area (TPSA) is 69.6 Å². The minimum Gasteiger partial charge on any atom is -0.480 e. The second kappa shape index (κ2) is 7.07. The van der Waals surface area contributed by atoms with Crippen LogP contribution in [0, 0.1) is 5.92 Å². The molecule has 1 saturated carbocycles. The third kappa shape index (κ3) is 3.32. The van der Waals surface area contributed by atoms with Gasteiger partial charge in [-0.1, -0.05) is 19.8 Å². The summed E-state index contributed by atoms with van der Waals surface area (Å²) in [6.45, 7) is 3.11. The number of carboxylic acids is 1. The lowest BCUT2D eigenvalue weighted by molar-refractivity contribution is -0.157. The van der Waals surface area contributed by atoms with Crippen LogP contribution in [0.1, 0.15) is 51.9 Å². The van der Waals surface area contributed by atoms with Gasteiger partial charge in [0.05, 0.1) is 6.54 Å². The molecule has 1 aliphatic carbocycles. The molecule has 5 heteroatoms. The number of carboxylic acid groups (broad SMARTS) is 1. The first-order valence-electron chi connectivity index (χ1n) is 7.89. The lowest BCUT2D eigenvalue weighted by Gasteiger charge is -2.47. The molecule has 1 heterocycles. The highest BCUT2D eigenvalue weighted by molar-refractivity contribution is 5.85. The summed E-state index contributed by atoms with van der Waals surface area (Å²) in [6.07, 6.45) is 6.97. The zero-order chi connectivity index (χ0) is 14.5. The number of hydrogen-bond acceptors (Lipinski definition) is 3. The highest BCUT2D eigenvalue weighted by atomic mass is 16.4. The van der Waals surface area contributed by atoms with Gasteiger partial charge in [-0.3, -0.25) is 4.79 Å². The molecule has 3 unspecified atom stereocenters. The maximum atomic E-state index is 12.4. The van der Waals surface area contributed by atoms with Crippen LogP contribution in [0.5, 0.6) is 0 Å². The molecule has 2 aliphatic rings. The smallest absolute Gasteiger partial charge is 0.326 e. The Morgan fingerprint density at radius 1 is 1.20 bits per heavy atom. The molecule has 3 atom stereocenters. The van der Waals surface area contributed by atoms with Gasteiger partial charge in [0.25, 0.3) is 0 Å². The van der Waals surface area contributed by atoms with Gasteiger partial charge in [0, 0.05) is 6.04 Å². The van der Waals surface area contributed by atoms with Crippen molar-refractivity contribution in [3.05, 3.63) is 0 Å². The standard InChI is InChI=1S/C15H26N2O3/c1-2-9-16-10-14(18)17-12-6-4-3-5-11(12)7-8-13(17)15(19)20/h11-13,16H,2-10H2,1H3,(H,19,20). The van der Waals surface area contributed by atoms with Gasteiger partial charge in [-0.25, -0.2) is 4.79 Å². The van der Waals surface area contributed by atoms with Crippen LogP contribution >= 0.6 is 0 Å². The number of nitrogens with one attached hydrogen (secondary N) is 1. The summed E-state index contributed by atoms with van der Waals surface area (Å²) in [5.41, 5.74) is 0. The molecule has 0 radical (unpaired) electrons. The number of rotatable bonds is 5. The number of hydrogen-bond donors (Lipinski definition) is 2. The molecular formula is C15H26N2O3. The first-order chi connectivity index (χ1) is 9.65. The molecule has 0 bridgehead atoms. The van der Waals surface area contributed by atoms with Gasteiger partial charge in [-0.05, 0) is 44.6 Å². The van der Waals surface area contributed by atoms with E-state index in [9.17, 15) is 14.7 Å². The zero-order valence-electron chi connectivity index (χ0n) is 12.3. The average molecular weight is 282 g/mol. The molecule has 2 N–H and O–H groups in total. The van der Waals surface area contributed by atoms with Crippen LogP contribution < -0.4 is 5.32 Å². The SMILES string of the molecule is CCCNCC(=O)N1C(C(=O)O)CCC2CCCCC21. The van der Waals surface area contributed by atoms with Crippen LogP contribution in [0.2, 0.25) is 0 Å². The lowest BCUT2D eigenvalue weighted by atomic mass is 9.76. The zero-order valence-corrected chi connectivity index (χ0v) is 12.3. The van der Waals surface area contributed by atoms with E-state index in [-0.39, 0.29) is 18.5 Å². The predicted octanol–water partition coefficient (Wildman–Crippen LogP) is 1.62. The van der Waals surface area contributed by atoms with Crippen molar-refractivity contribution in [1.29, 1.82) is 0 Å². The quantitative estimate of drug-likeness (QED) is 0.752. The highest BCUT2D eigenvalue weighted by Gasteiger charge is 2.43. The van der Waals surface area contributed by atoms with Gasteiger partial charge < -0.3 is 15.3 Å². The molecule has 0 aromatic rings. The Morgan fingerprint density at radius 2 is 1.95 bits per heavy atom. The van der Waals surface area contributed by atoms with Gasteiger partial charge in [-0.15, -0.1) is 0 Å².